The van der Waals surface area contributed by atoms with Crippen LogP contribution in [0.2, 0.25) is 5.02 Å². The molecule has 0 fully saturated rings. The minimum Gasteiger partial charge on any atom is -0.454 e. The number of anilines is 3. The van der Waals surface area contributed by atoms with Crippen molar-refractivity contribution in [2.24, 2.45) is 0 Å². The summed E-state index contributed by atoms with van der Waals surface area (Å²) in [6.07, 6.45) is 1.52. The molecular formula is C19H15ClN4O3. The smallest absolute Gasteiger partial charge is 0.274 e. The Hall–Kier alpha value is -3.32. The van der Waals surface area contributed by atoms with Crippen LogP contribution in [-0.2, 0) is 0 Å². The van der Waals surface area contributed by atoms with Gasteiger partial charge in [-0.1, -0.05) is 17.7 Å². The van der Waals surface area contributed by atoms with Crippen LogP contribution in [0, 0.1) is 6.92 Å². The Bertz CT molecular complexity index is 1030. The van der Waals surface area contributed by atoms with Crippen molar-refractivity contribution in [1.82, 2.24) is 9.97 Å². The highest BCUT2D eigenvalue weighted by Crippen LogP contribution is 2.34. The predicted molar refractivity (Wildman–Crippen MR) is 102 cm³/mol. The van der Waals surface area contributed by atoms with E-state index in [-0.39, 0.29) is 18.4 Å². The highest BCUT2D eigenvalue weighted by molar-refractivity contribution is 6.30. The molecule has 0 spiro atoms. The summed E-state index contributed by atoms with van der Waals surface area (Å²) in [5.41, 5.74) is 2.57. The summed E-state index contributed by atoms with van der Waals surface area (Å²) < 4.78 is 10.6. The number of halogens is 1. The van der Waals surface area contributed by atoms with E-state index in [1.807, 2.05) is 13.0 Å². The van der Waals surface area contributed by atoms with Crippen LogP contribution in [0.4, 0.5) is 17.3 Å². The van der Waals surface area contributed by atoms with Gasteiger partial charge in [-0.15, -0.1) is 0 Å². The number of amides is 1. The molecule has 0 radical (unpaired) electrons. The summed E-state index contributed by atoms with van der Waals surface area (Å²) >= 11 is 6.03. The maximum atomic E-state index is 12.5. The van der Waals surface area contributed by atoms with Gasteiger partial charge >= 0.3 is 0 Å². The van der Waals surface area contributed by atoms with Crippen molar-refractivity contribution in [2.45, 2.75) is 6.92 Å². The van der Waals surface area contributed by atoms with E-state index in [1.165, 1.54) is 12.3 Å². The summed E-state index contributed by atoms with van der Waals surface area (Å²) in [6.45, 7) is 2.12. The second-order valence-electron chi connectivity index (χ2n) is 5.87. The largest absolute Gasteiger partial charge is 0.454 e. The molecule has 1 aliphatic heterocycles. The lowest BCUT2D eigenvalue weighted by molar-refractivity contribution is 0.102. The Morgan fingerprint density at radius 2 is 1.96 bits per heavy atom. The van der Waals surface area contributed by atoms with Crippen LogP contribution in [0.15, 0.2) is 48.7 Å². The third-order valence-electron chi connectivity index (χ3n) is 3.96. The lowest BCUT2D eigenvalue weighted by Crippen LogP contribution is -2.14. The van der Waals surface area contributed by atoms with Gasteiger partial charge in [0.15, 0.2) is 11.5 Å². The van der Waals surface area contributed by atoms with Crippen molar-refractivity contribution >= 4 is 34.8 Å². The van der Waals surface area contributed by atoms with Gasteiger partial charge in [-0.25, -0.2) is 9.97 Å². The van der Waals surface area contributed by atoms with Crippen LogP contribution in [0.25, 0.3) is 0 Å². The lowest BCUT2D eigenvalue weighted by Gasteiger charge is -2.10. The first-order valence-corrected chi connectivity index (χ1v) is 8.53. The van der Waals surface area contributed by atoms with Gasteiger partial charge in [0, 0.05) is 28.7 Å². The van der Waals surface area contributed by atoms with Crippen molar-refractivity contribution in [1.29, 1.82) is 0 Å². The minimum absolute atomic E-state index is 0.177. The number of benzene rings is 2. The molecular weight excluding hydrogens is 368 g/mol. The number of rotatable bonds is 4. The molecule has 4 rings (SSSR count). The quantitative estimate of drug-likeness (QED) is 0.704. The van der Waals surface area contributed by atoms with Crippen LogP contribution in [0.5, 0.6) is 11.5 Å². The molecule has 2 aromatic carbocycles. The standard InChI is InChI=1S/C19H15ClN4O3/c1-11-2-3-12(20)8-15(11)24-19-21-7-6-14(23-19)18(25)22-13-4-5-16-17(9-13)27-10-26-16/h2-9H,10H2,1H3,(H,22,25)(H,21,23,24). The van der Waals surface area contributed by atoms with E-state index in [4.69, 9.17) is 21.1 Å². The molecule has 0 bridgehead atoms. The van der Waals surface area contributed by atoms with Gasteiger partial charge < -0.3 is 20.1 Å². The Balaban J connectivity index is 1.51. The highest BCUT2D eigenvalue weighted by atomic mass is 35.5. The molecule has 0 saturated heterocycles. The molecule has 0 aliphatic carbocycles. The molecule has 0 saturated carbocycles. The molecule has 1 aromatic heterocycles. The fourth-order valence-electron chi connectivity index (χ4n) is 2.56. The zero-order valence-corrected chi connectivity index (χ0v) is 15.1. The van der Waals surface area contributed by atoms with Crippen LogP contribution >= 0.6 is 11.6 Å². The number of nitrogens with zero attached hydrogens (tertiary/aromatic N) is 2. The van der Waals surface area contributed by atoms with E-state index in [0.717, 1.165) is 11.3 Å². The average Bonchev–Trinajstić information content (AvgIpc) is 3.13. The van der Waals surface area contributed by atoms with E-state index >= 15 is 0 Å². The zero-order valence-electron chi connectivity index (χ0n) is 14.3. The van der Waals surface area contributed by atoms with Gasteiger partial charge in [0.05, 0.1) is 0 Å². The fraction of sp³-hybridized carbons (Fsp3) is 0.105. The number of nitrogens with one attached hydrogen (secondary N) is 2. The molecule has 0 unspecified atom stereocenters. The summed E-state index contributed by atoms with van der Waals surface area (Å²) in [5.74, 6) is 1.19. The Labute approximate surface area is 160 Å². The maximum absolute atomic E-state index is 12.5. The molecule has 8 heteroatoms. The van der Waals surface area contributed by atoms with Crippen molar-refractivity contribution in [2.75, 3.05) is 17.4 Å². The second-order valence-corrected chi connectivity index (χ2v) is 6.31. The third kappa shape index (κ3) is 3.78. The van der Waals surface area contributed by atoms with Crippen LogP contribution in [-0.4, -0.2) is 22.7 Å². The highest BCUT2D eigenvalue weighted by Gasteiger charge is 2.15. The third-order valence-corrected chi connectivity index (χ3v) is 4.20. The Kier molecular flexibility index (Phi) is 4.52. The summed E-state index contributed by atoms with van der Waals surface area (Å²) in [7, 11) is 0. The number of hydrogen-bond acceptors (Lipinski definition) is 6. The van der Waals surface area contributed by atoms with Gasteiger partial charge in [-0.05, 0) is 42.8 Å². The van der Waals surface area contributed by atoms with Gasteiger partial charge in [0.25, 0.3) is 5.91 Å². The van der Waals surface area contributed by atoms with Crippen LogP contribution in [0.1, 0.15) is 16.1 Å². The van der Waals surface area contributed by atoms with E-state index in [2.05, 4.69) is 20.6 Å². The van der Waals surface area contributed by atoms with Crippen molar-refractivity contribution in [3.05, 3.63) is 64.9 Å². The van der Waals surface area contributed by atoms with Gasteiger partial charge in [-0.3, -0.25) is 4.79 Å². The summed E-state index contributed by atoms with van der Waals surface area (Å²) in [4.78, 5) is 21.0. The monoisotopic (exact) mass is 382 g/mol. The SMILES string of the molecule is Cc1ccc(Cl)cc1Nc1nccc(C(=O)Nc2ccc3c(c2)OCO3)n1. The average molecular weight is 383 g/mol. The first-order chi connectivity index (χ1) is 13.1. The summed E-state index contributed by atoms with van der Waals surface area (Å²) in [5, 5.41) is 6.47. The number of carbonyl (C=O) groups excluding carboxylic acids is 1. The van der Waals surface area contributed by atoms with E-state index < -0.39 is 0 Å². The predicted octanol–water partition coefficient (Wildman–Crippen LogP) is 4.16. The van der Waals surface area contributed by atoms with Crippen molar-refractivity contribution in [3.8, 4) is 11.5 Å². The topological polar surface area (TPSA) is 85.4 Å². The number of carbonyl (C=O) groups is 1. The zero-order chi connectivity index (χ0) is 18.8. The molecule has 0 atom stereocenters. The first kappa shape index (κ1) is 17.1. The number of aryl methyl sites for hydroxylation is 1. The van der Waals surface area contributed by atoms with Crippen molar-refractivity contribution in [3.63, 3.8) is 0 Å². The Morgan fingerprint density at radius 1 is 1.11 bits per heavy atom. The molecule has 1 amide bonds. The molecule has 7 nitrogen and oxygen atoms in total. The molecule has 27 heavy (non-hydrogen) atoms. The molecule has 1 aliphatic rings. The van der Waals surface area contributed by atoms with Gasteiger partial charge in [0.2, 0.25) is 12.7 Å². The molecule has 2 N–H and O–H groups in total. The minimum atomic E-state index is -0.359. The normalized spacial score (nSPS) is 11.9. The van der Waals surface area contributed by atoms with Gasteiger partial charge in [-0.2, -0.15) is 0 Å². The number of ether oxygens (including phenoxy) is 2. The van der Waals surface area contributed by atoms with Gasteiger partial charge in [0.1, 0.15) is 5.69 Å². The second kappa shape index (κ2) is 7.13. The van der Waals surface area contributed by atoms with Crippen LogP contribution in [0.3, 0.4) is 0 Å². The van der Waals surface area contributed by atoms with Crippen molar-refractivity contribution < 1.29 is 14.3 Å². The summed E-state index contributed by atoms with van der Waals surface area (Å²) in [6, 6.07) is 12.2. The molecule has 3 aromatic rings. The van der Waals surface area contributed by atoms with E-state index in [0.29, 0.717) is 28.2 Å². The first-order valence-electron chi connectivity index (χ1n) is 8.16. The Morgan fingerprint density at radius 3 is 2.85 bits per heavy atom. The molecule has 2 heterocycles. The molecule has 136 valence electrons. The van der Waals surface area contributed by atoms with Crippen LogP contribution < -0.4 is 20.1 Å². The lowest BCUT2D eigenvalue weighted by atomic mass is 10.2. The fourth-order valence-corrected chi connectivity index (χ4v) is 2.74. The van der Waals surface area contributed by atoms with E-state index in [1.54, 1.807) is 30.3 Å². The number of aromatic nitrogens is 2. The maximum Gasteiger partial charge on any atom is 0.274 e. The van der Waals surface area contributed by atoms with E-state index in [9.17, 15) is 4.79 Å². The number of fused-ring (bicyclic) bond motifs is 1. The number of hydrogen-bond donors (Lipinski definition) is 2.